The average Bonchev–Trinajstić information content (AvgIpc) is 3.39. The highest BCUT2D eigenvalue weighted by Crippen LogP contribution is 2.71. The number of aliphatic hydroxyl groups is 2. The summed E-state index contributed by atoms with van der Waals surface area (Å²) in [6.07, 6.45) is 1.23. The molecule has 2 N–H and O–H groups in total. The van der Waals surface area contributed by atoms with Crippen LogP contribution in [0.25, 0.3) is 0 Å². The molecule has 0 radical (unpaired) electrons. The van der Waals surface area contributed by atoms with Crippen molar-refractivity contribution >= 4 is 23.7 Å². The Labute approximate surface area is 207 Å². The van der Waals surface area contributed by atoms with Crippen LogP contribution >= 0.6 is 12.6 Å². The molecular formula is C26H30F2O6S. The number of halogens is 2. The summed E-state index contributed by atoms with van der Waals surface area (Å²) in [6, 6.07) is 2.92. The minimum atomic E-state index is -2.25. The van der Waals surface area contributed by atoms with Crippen LogP contribution in [0.4, 0.5) is 8.78 Å². The average molecular weight is 509 g/mol. The summed E-state index contributed by atoms with van der Waals surface area (Å²) in [5.74, 6) is -3.06. The molecule has 3 fully saturated rings. The Hall–Kier alpha value is -1.97. The Morgan fingerprint density at radius 3 is 2.57 bits per heavy atom. The van der Waals surface area contributed by atoms with E-state index >= 15 is 8.78 Å². The fraction of sp³-hybridized carbons (Fsp3) is 0.615. The molecule has 1 heterocycles. The van der Waals surface area contributed by atoms with Gasteiger partial charge in [-0.15, -0.1) is 12.6 Å². The summed E-state index contributed by atoms with van der Waals surface area (Å²) in [7, 11) is 0. The summed E-state index contributed by atoms with van der Waals surface area (Å²) in [5.41, 5.74) is -6.57. The summed E-state index contributed by atoms with van der Waals surface area (Å²) < 4.78 is 43.9. The van der Waals surface area contributed by atoms with Crippen LogP contribution in [0.5, 0.6) is 0 Å². The molecule has 9 heteroatoms. The molecular weight excluding hydrogens is 478 g/mol. The molecule has 190 valence electrons. The van der Waals surface area contributed by atoms with Crippen LogP contribution < -0.4 is 0 Å². The smallest absolute Gasteiger partial charge is 0.375 e. The van der Waals surface area contributed by atoms with Gasteiger partial charge in [-0.2, -0.15) is 0 Å². The number of ether oxygens (including phenoxy) is 1. The van der Waals surface area contributed by atoms with E-state index in [1.165, 1.54) is 36.6 Å². The molecule has 10 atom stereocenters. The standard InChI is InChI=1S/C26H30F2O6S/c1-13-9-15-16-11-18(27)17-10-14(29)6-7-23(17,2)25(16,28)20(30)12-24(15,3)26(13,22(32)35)34-21(31)19-5-4-8-33-19/h4-8,10,13-16,18,20,29-30H,9,11-12H2,1-3H3,(H,32,35)/t13-,14?,15?,16?,18+,20+,23+,24+,25+,26+/m1/s1. The number of hydrogen-bond acceptors (Lipinski definition) is 6. The molecule has 3 saturated carbocycles. The number of furan rings is 1. The van der Waals surface area contributed by atoms with Crippen molar-refractivity contribution < 1.29 is 37.7 Å². The van der Waals surface area contributed by atoms with E-state index in [9.17, 15) is 19.8 Å². The van der Waals surface area contributed by atoms with Crippen molar-refractivity contribution in [3.63, 3.8) is 0 Å². The number of thiol groups is 1. The zero-order valence-corrected chi connectivity index (χ0v) is 20.7. The van der Waals surface area contributed by atoms with Gasteiger partial charge in [0.1, 0.15) is 6.17 Å². The van der Waals surface area contributed by atoms with Crippen LogP contribution in [0, 0.1) is 28.6 Å². The van der Waals surface area contributed by atoms with Gasteiger partial charge in [-0.05, 0) is 55.9 Å². The lowest BCUT2D eigenvalue weighted by atomic mass is 9.44. The van der Waals surface area contributed by atoms with Crippen molar-refractivity contribution in [2.75, 3.05) is 0 Å². The number of carbonyl (C=O) groups is 2. The van der Waals surface area contributed by atoms with Crippen molar-refractivity contribution in [3.8, 4) is 0 Å². The van der Waals surface area contributed by atoms with E-state index in [0.29, 0.717) is 0 Å². The lowest BCUT2D eigenvalue weighted by molar-refractivity contribution is -0.221. The molecule has 4 aliphatic carbocycles. The van der Waals surface area contributed by atoms with E-state index in [-0.39, 0.29) is 30.6 Å². The van der Waals surface area contributed by atoms with Gasteiger partial charge in [0.2, 0.25) is 10.9 Å². The lowest BCUT2D eigenvalue weighted by Gasteiger charge is -2.63. The monoisotopic (exact) mass is 508 g/mol. The molecule has 0 amide bonds. The van der Waals surface area contributed by atoms with Crippen LogP contribution in [-0.2, 0) is 9.53 Å². The number of alkyl halides is 2. The molecule has 3 unspecified atom stereocenters. The highest BCUT2D eigenvalue weighted by atomic mass is 32.1. The Kier molecular flexibility index (Phi) is 5.48. The topological polar surface area (TPSA) is 97.0 Å². The number of carbonyl (C=O) groups excluding carboxylic acids is 2. The normalized spacial score (nSPS) is 48.4. The largest absolute Gasteiger partial charge is 0.457 e. The second-order valence-electron chi connectivity index (χ2n) is 11.0. The SMILES string of the molecule is C[C@@H]1CC2C3C[C@H](F)C4=CC(O)C=C[C@]4(C)[C@@]3(F)[C@@H](O)C[C@]2(C)[C@@]1(OC(=O)c1ccco1)C(=O)S. The highest BCUT2D eigenvalue weighted by molar-refractivity contribution is 7.96. The molecule has 0 saturated heterocycles. The fourth-order valence-corrected chi connectivity index (χ4v) is 8.47. The third-order valence-corrected chi connectivity index (χ3v) is 9.89. The van der Waals surface area contributed by atoms with Gasteiger partial charge in [0.15, 0.2) is 11.3 Å². The van der Waals surface area contributed by atoms with E-state index in [0.717, 1.165) is 0 Å². The van der Waals surface area contributed by atoms with Crippen molar-refractivity contribution in [1.82, 2.24) is 0 Å². The van der Waals surface area contributed by atoms with Crippen molar-refractivity contribution in [3.05, 3.63) is 48.0 Å². The molecule has 0 aliphatic heterocycles. The van der Waals surface area contributed by atoms with Gasteiger partial charge in [0, 0.05) is 22.7 Å². The van der Waals surface area contributed by atoms with E-state index < -0.39 is 69.3 Å². The van der Waals surface area contributed by atoms with Gasteiger partial charge in [-0.3, -0.25) is 4.79 Å². The van der Waals surface area contributed by atoms with Crippen molar-refractivity contribution in [2.45, 2.75) is 69.7 Å². The van der Waals surface area contributed by atoms with Gasteiger partial charge < -0.3 is 19.4 Å². The second kappa shape index (κ2) is 7.76. The van der Waals surface area contributed by atoms with Crippen LogP contribution in [0.2, 0.25) is 0 Å². The molecule has 6 nitrogen and oxygen atoms in total. The van der Waals surface area contributed by atoms with E-state index in [2.05, 4.69) is 12.6 Å². The Bertz CT molecular complexity index is 1120. The molecule has 0 bridgehead atoms. The van der Waals surface area contributed by atoms with Gasteiger partial charge in [-0.25, -0.2) is 13.6 Å². The lowest BCUT2D eigenvalue weighted by Crippen LogP contribution is -2.70. The van der Waals surface area contributed by atoms with Gasteiger partial charge >= 0.3 is 5.97 Å². The van der Waals surface area contributed by atoms with Crippen molar-refractivity contribution in [2.24, 2.45) is 28.6 Å². The number of allylic oxidation sites excluding steroid dienone is 2. The zero-order valence-electron chi connectivity index (χ0n) is 19.8. The van der Waals surface area contributed by atoms with E-state index in [1.54, 1.807) is 20.8 Å². The number of esters is 1. The Morgan fingerprint density at radius 2 is 1.94 bits per heavy atom. The second-order valence-corrected chi connectivity index (χ2v) is 11.4. The number of aliphatic hydroxyl groups excluding tert-OH is 2. The number of hydrogen-bond donors (Lipinski definition) is 3. The third-order valence-electron chi connectivity index (χ3n) is 9.56. The molecule has 1 aromatic rings. The van der Waals surface area contributed by atoms with Crippen LogP contribution in [0.3, 0.4) is 0 Å². The highest BCUT2D eigenvalue weighted by Gasteiger charge is 2.78. The van der Waals surface area contributed by atoms with Crippen LogP contribution in [0.1, 0.15) is 50.6 Å². The van der Waals surface area contributed by atoms with Crippen LogP contribution in [0.15, 0.2) is 46.6 Å². The quantitative estimate of drug-likeness (QED) is 0.325. The summed E-state index contributed by atoms with van der Waals surface area (Å²) >= 11 is 4.12. The third kappa shape index (κ3) is 2.95. The Balaban J connectivity index is 1.62. The summed E-state index contributed by atoms with van der Waals surface area (Å²) in [4.78, 5) is 26.1. The summed E-state index contributed by atoms with van der Waals surface area (Å²) in [6.45, 7) is 4.99. The molecule has 4 aliphatic rings. The predicted molar refractivity (Wildman–Crippen MR) is 125 cm³/mol. The first-order chi connectivity index (χ1) is 16.3. The molecule has 1 aromatic heterocycles. The maximum Gasteiger partial charge on any atom is 0.375 e. The summed E-state index contributed by atoms with van der Waals surface area (Å²) in [5, 5.41) is 20.8. The minimum Gasteiger partial charge on any atom is -0.457 e. The van der Waals surface area contributed by atoms with Gasteiger partial charge in [0.05, 0.1) is 18.5 Å². The van der Waals surface area contributed by atoms with Gasteiger partial charge in [0.25, 0.3) is 0 Å². The van der Waals surface area contributed by atoms with Crippen molar-refractivity contribution in [1.29, 1.82) is 0 Å². The molecule has 35 heavy (non-hydrogen) atoms. The number of fused-ring (bicyclic) bond motifs is 5. The maximum absolute atomic E-state index is 17.3. The number of rotatable bonds is 3. The predicted octanol–water partition coefficient (Wildman–Crippen LogP) is 3.99. The Morgan fingerprint density at radius 1 is 1.23 bits per heavy atom. The zero-order chi connectivity index (χ0) is 25.6. The van der Waals surface area contributed by atoms with E-state index in [1.807, 2.05) is 0 Å². The van der Waals surface area contributed by atoms with E-state index in [4.69, 9.17) is 9.15 Å². The first-order valence-electron chi connectivity index (χ1n) is 11.9. The molecule has 0 spiro atoms. The first kappa shape index (κ1) is 24.7. The maximum atomic E-state index is 17.3. The first-order valence-corrected chi connectivity index (χ1v) is 12.4. The molecule has 5 rings (SSSR count). The fourth-order valence-electron chi connectivity index (χ4n) is 7.95. The minimum absolute atomic E-state index is 0.0934. The van der Waals surface area contributed by atoms with Gasteiger partial charge in [-0.1, -0.05) is 26.0 Å². The molecule has 0 aromatic carbocycles. The van der Waals surface area contributed by atoms with Crippen LogP contribution in [-0.4, -0.2) is 50.9 Å².